The fourth-order valence-corrected chi connectivity index (χ4v) is 1.49. The zero-order valence-corrected chi connectivity index (χ0v) is 11.0. The van der Waals surface area contributed by atoms with E-state index in [1.165, 1.54) is 12.1 Å². The van der Waals surface area contributed by atoms with E-state index in [0.717, 1.165) is 5.56 Å². The second-order valence-corrected chi connectivity index (χ2v) is 4.30. The van der Waals surface area contributed by atoms with Crippen LogP contribution in [0.15, 0.2) is 18.2 Å². The molecule has 2 rings (SSSR count). The Labute approximate surface area is 110 Å². The van der Waals surface area contributed by atoms with Crippen molar-refractivity contribution in [3.05, 3.63) is 29.6 Å². The summed E-state index contributed by atoms with van der Waals surface area (Å²) in [5, 5.41) is 2.94. The third-order valence-electron chi connectivity index (χ3n) is 2.49. The number of rotatable bonds is 3. The molecule has 19 heavy (non-hydrogen) atoms. The summed E-state index contributed by atoms with van der Waals surface area (Å²) in [6.07, 6.45) is 0. The summed E-state index contributed by atoms with van der Waals surface area (Å²) in [6.45, 7) is 1.86. The first-order valence-corrected chi connectivity index (χ1v) is 5.68. The average molecular weight is 262 g/mol. The standard InChI is InChI=1S/C12H15FN6/c1-7-4-5-8(13)6-9(7)15-11-16-10(14)17-12(18-11)19(2)3/h4-6H,1-3H3,(H3,14,15,16,17,18). The van der Waals surface area contributed by atoms with Gasteiger partial charge in [0.25, 0.3) is 0 Å². The van der Waals surface area contributed by atoms with Crippen molar-refractivity contribution in [2.24, 2.45) is 0 Å². The van der Waals surface area contributed by atoms with Crippen LogP contribution in [0.1, 0.15) is 5.56 Å². The number of hydrogen-bond donors (Lipinski definition) is 2. The first-order chi connectivity index (χ1) is 8.95. The van der Waals surface area contributed by atoms with Gasteiger partial charge < -0.3 is 16.0 Å². The second-order valence-electron chi connectivity index (χ2n) is 4.30. The van der Waals surface area contributed by atoms with Crippen LogP contribution >= 0.6 is 0 Å². The van der Waals surface area contributed by atoms with Gasteiger partial charge >= 0.3 is 0 Å². The van der Waals surface area contributed by atoms with E-state index in [2.05, 4.69) is 20.3 Å². The average Bonchev–Trinajstić information content (AvgIpc) is 2.33. The largest absolute Gasteiger partial charge is 0.368 e. The van der Waals surface area contributed by atoms with Crippen LogP contribution in [0.2, 0.25) is 0 Å². The van der Waals surface area contributed by atoms with Crippen molar-refractivity contribution >= 4 is 23.5 Å². The Balaban J connectivity index is 2.35. The maximum atomic E-state index is 13.2. The van der Waals surface area contributed by atoms with Crippen LogP contribution in [0.3, 0.4) is 0 Å². The summed E-state index contributed by atoms with van der Waals surface area (Å²) < 4.78 is 13.2. The van der Waals surface area contributed by atoms with Crippen LogP contribution in [-0.4, -0.2) is 29.0 Å². The van der Waals surface area contributed by atoms with Crippen LogP contribution in [-0.2, 0) is 0 Å². The van der Waals surface area contributed by atoms with Crippen LogP contribution < -0.4 is 16.0 Å². The van der Waals surface area contributed by atoms with E-state index < -0.39 is 0 Å². The third kappa shape index (κ3) is 3.06. The number of benzene rings is 1. The van der Waals surface area contributed by atoms with E-state index in [-0.39, 0.29) is 17.7 Å². The number of aromatic nitrogens is 3. The Kier molecular flexibility index (Phi) is 3.46. The molecule has 0 unspecified atom stereocenters. The van der Waals surface area contributed by atoms with Crippen molar-refractivity contribution < 1.29 is 4.39 Å². The lowest BCUT2D eigenvalue weighted by Gasteiger charge is -2.13. The van der Waals surface area contributed by atoms with Gasteiger partial charge in [-0.25, -0.2) is 4.39 Å². The van der Waals surface area contributed by atoms with Gasteiger partial charge in [0, 0.05) is 19.8 Å². The molecule has 100 valence electrons. The molecule has 0 aliphatic carbocycles. The van der Waals surface area contributed by atoms with Crippen LogP contribution in [0, 0.1) is 12.7 Å². The molecule has 0 amide bonds. The zero-order chi connectivity index (χ0) is 14.0. The van der Waals surface area contributed by atoms with Crippen LogP contribution in [0.5, 0.6) is 0 Å². The number of nitrogen functional groups attached to an aromatic ring is 1. The third-order valence-corrected chi connectivity index (χ3v) is 2.49. The predicted octanol–water partition coefficient (Wildman–Crippen LogP) is 1.71. The van der Waals surface area contributed by atoms with Gasteiger partial charge in [0.2, 0.25) is 17.8 Å². The van der Waals surface area contributed by atoms with Gasteiger partial charge in [-0.05, 0) is 24.6 Å². The molecule has 3 N–H and O–H groups in total. The highest BCUT2D eigenvalue weighted by atomic mass is 19.1. The van der Waals surface area contributed by atoms with Gasteiger partial charge in [0.15, 0.2) is 0 Å². The fourth-order valence-electron chi connectivity index (χ4n) is 1.49. The zero-order valence-electron chi connectivity index (χ0n) is 11.0. The summed E-state index contributed by atoms with van der Waals surface area (Å²) in [5.74, 6) is 0.493. The molecule has 0 spiro atoms. The Bertz CT molecular complexity index is 599. The molecule has 0 bridgehead atoms. The van der Waals surface area contributed by atoms with Crippen molar-refractivity contribution in [1.29, 1.82) is 0 Å². The smallest absolute Gasteiger partial charge is 0.233 e. The number of aryl methyl sites for hydroxylation is 1. The Morgan fingerprint density at radius 2 is 1.95 bits per heavy atom. The predicted molar refractivity (Wildman–Crippen MR) is 73.0 cm³/mol. The van der Waals surface area contributed by atoms with Gasteiger partial charge in [0.05, 0.1) is 0 Å². The first-order valence-electron chi connectivity index (χ1n) is 5.68. The van der Waals surface area contributed by atoms with E-state index in [0.29, 0.717) is 11.6 Å². The minimum atomic E-state index is -0.331. The summed E-state index contributed by atoms with van der Waals surface area (Å²) in [6, 6.07) is 4.45. The van der Waals surface area contributed by atoms with Gasteiger partial charge in [0.1, 0.15) is 5.82 Å². The molecule has 0 atom stereocenters. The number of hydrogen-bond acceptors (Lipinski definition) is 6. The van der Waals surface area contributed by atoms with Crippen LogP contribution in [0.4, 0.5) is 27.9 Å². The van der Waals surface area contributed by atoms with Gasteiger partial charge in [-0.1, -0.05) is 6.07 Å². The number of nitrogens with one attached hydrogen (secondary N) is 1. The highest BCUT2D eigenvalue weighted by Gasteiger charge is 2.08. The number of anilines is 4. The summed E-state index contributed by atoms with van der Waals surface area (Å²) in [7, 11) is 3.60. The number of nitrogens with zero attached hydrogens (tertiary/aromatic N) is 4. The summed E-state index contributed by atoms with van der Waals surface area (Å²) in [5.41, 5.74) is 7.09. The van der Waals surface area contributed by atoms with Crippen LogP contribution in [0.25, 0.3) is 0 Å². The molecule has 2 aromatic rings. The molecular weight excluding hydrogens is 247 g/mol. The molecule has 7 heteroatoms. The van der Waals surface area contributed by atoms with Gasteiger partial charge in [-0.15, -0.1) is 0 Å². The molecule has 0 aliphatic rings. The molecule has 0 saturated heterocycles. The maximum absolute atomic E-state index is 13.2. The van der Waals surface area contributed by atoms with Crippen molar-refractivity contribution in [2.45, 2.75) is 6.92 Å². The van der Waals surface area contributed by atoms with Crippen molar-refractivity contribution in [2.75, 3.05) is 30.0 Å². The number of nitrogens with two attached hydrogens (primary N) is 1. The molecule has 0 radical (unpaired) electrons. The minimum Gasteiger partial charge on any atom is -0.368 e. The van der Waals surface area contributed by atoms with E-state index >= 15 is 0 Å². The normalized spacial score (nSPS) is 10.3. The Hall–Kier alpha value is -2.44. The molecule has 1 aromatic carbocycles. The van der Waals surface area contributed by atoms with E-state index in [1.54, 1.807) is 25.1 Å². The topological polar surface area (TPSA) is 80.0 Å². The van der Waals surface area contributed by atoms with Gasteiger partial charge in [-0.3, -0.25) is 0 Å². The fraction of sp³-hybridized carbons (Fsp3) is 0.250. The van der Waals surface area contributed by atoms with Gasteiger partial charge in [-0.2, -0.15) is 15.0 Å². The Morgan fingerprint density at radius 3 is 2.63 bits per heavy atom. The lowest BCUT2D eigenvalue weighted by molar-refractivity contribution is 0.628. The first kappa shape index (κ1) is 13.0. The maximum Gasteiger partial charge on any atom is 0.233 e. The Morgan fingerprint density at radius 1 is 1.21 bits per heavy atom. The van der Waals surface area contributed by atoms with E-state index in [9.17, 15) is 4.39 Å². The molecule has 0 fully saturated rings. The highest BCUT2D eigenvalue weighted by Crippen LogP contribution is 2.20. The van der Waals surface area contributed by atoms with Crippen molar-refractivity contribution in [1.82, 2.24) is 15.0 Å². The second kappa shape index (κ2) is 5.05. The summed E-state index contributed by atoms with van der Waals surface area (Å²) in [4.78, 5) is 13.9. The van der Waals surface area contributed by atoms with Crippen molar-refractivity contribution in [3.8, 4) is 0 Å². The molecule has 1 heterocycles. The quantitative estimate of drug-likeness (QED) is 0.876. The monoisotopic (exact) mass is 262 g/mol. The lowest BCUT2D eigenvalue weighted by atomic mass is 10.2. The molecule has 0 saturated carbocycles. The molecule has 1 aromatic heterocycles. The molecule has 0 aliphatic heterocycles. The molecule has 6 nitrogen and oxygen atoms in total. The van der Waals surface area contributed by atoms with Crippen molar-refractivity contribution in [3.63, 3.8) is 0 Å². The minimum absolute atomic E-state index is 0.107. The SMILES string of the molecule is Cc1ccc(F)cc1Nc1nc(N)nc(N(C)C)n1. The highest BCUT2D eigenvalue weighted by molar-refractivity contribution is 5.59. The lowest BCUT2D eigenvalue weighted by Crippen LogP contribution is -2.15. The van der Waals surface area contributed by atoms with E-state index in [4.69, 9.17) is 5.73 Å². The van der Waals surface area contributed by atoms with E-state index in [1.807, 2.05) is 6.92 Å². The summed E-state index contributed by atoms with van der Waals surface area (Å²) >= 11 is 0. The molecular formula is C12H15FN6. The number of halogens is 1.